The van der Waals surface area contributed by atoms with Crippen LogP contribution in [0.25, 0.3) is 93.2 Å². The number of hydrogen-bond acceptors (Lipinski definition) is 0. The summed E-state index contributed by atoms with van der Waals surface area (Å²) in [7, 11) is 0. The molecule has 256 valence electrons. The number of hydrogen-bond donors (Lipinski definition) is 0. The predicted octanol–water partition coefficient (Wildman–Crippen LogP) is 15.2. The van der Waals surface area contributed by atoms with Gasteiger partial charge >= 0.3 is 0 Å². The molecular formula is C54H40. The van der Waals surface area contributed by atoms with E-state index in [-0.39, 0.29) is 5.41 Å². The van der Waals surface area contributed by atoms with Crippen molar-refractivity contribution in [1.82, 2.24) is 0 Å². The van der Waals surface area contributed by atoms with E-state index >= 15 is 0 Å². The van der Waals surface area contributed by atoms with Crippen molar-refractivity contribution in [2.24, 2.45) is 0 Å². The van der Waals surface area contributed by atoms with E-state index in [4.69, 9.17) is 0 Å². The van der Waals surface area contributed by atoms with Crippen molar-refractivity contribution in [3.05, 3.63) is 199 Å². The minimum Gasteiger partial charge on any atom is -0.0987 e. The van der Waals surface area contributed by atoms with Crippen molar-refractivity contribution in [2.45, 2.75) is 26.2 Å². The van der Waals surface area contributed by atoms with Crippen LogP contribution in [0.4, 0.5) is 0 Å². The molecule has 0 bridgehead atoms. The molecule has 0 heteroatoms. The van der Waals surface area contributed by atoms with Crippen molar-refractivity contribution >= 4 is 48.7 Å². The molecular weight excluding hydrogens is 649 g/mol. The first-order chi connectivity index (χ1) is 26.4. The van der Waals surface area contributed by atoms with Crippen molar-refractivity contribution in [1.29, 1.82) is 0 Å². The van der Waals surface area contributed by atoms with Crippen LogP contribution >= 0.6 is 0 Å². The van der Waals surface area contributed by atoms with Gasteiger partial charge in [-0.05, 0) is 135 Å². The highest BCUT2D eigenvalue weighted by Crippen LogP contribution is 2.50. The summed E-state index contributed by atoms with van der Waals surface area (Å²) >= 11 is 0. The van der Waals surface area contributed by atoms with Crippen molar-refractivity contribution in [2.75, 3.05) is 0 Å². The average molecular weight is 689 g/mol. The Morgan fingerprint density at radius 1 is 0.407 bits per heavy atom. The molecule has 1 aliphatic carbocycles. The lowest BCUT2D eigenvalue weighted by atomic mass is 9.79. The van der Waals surface area contributed by atoms with Crippen molar-refractivity contribution in [3.8, 4) is 44.5 Å². The molecule has 0 nitrogen and oxygen atoms in total. The number of fused-ring (bicyclic) bond motifs is 5. The molecule has 9 aromatic rings. The first-order valence-corrected chi connectivity index (χ1v) is 19.0. The molecule has 0 heterocycles. The molecule has 0 amide bonds. The zero-order chi connectivity index (χ0) is 36.6. The summed E-state index contributed by atoms with van der Waals surface area (Å²) in [6.45, 7) is 11.1. The molecule has 1 aliphatic rings. The number of allylic oxidation sites excluding steroid dienone is 3. The van der Waals surface area contributed by atoms with Gasteiger partial charge in [0.25, 0.3) is 0 Å². The maximum absolute atomic E-state index is 4.21. The maximum Gasteiger partial charge on any atom is 0.0155 e. The molecule has 9 aromatic carbocycles. The summed E-state index contributed by atoms with van der Waals surface area (Å²) in [4.78, 5) is 0. The normalized spacial score (nSPS) is 13.6. The van der Waals surface area contributed by atoms with E-state index in [2.05, 4.69) is 203 Å². The number of benzene rings is 9. The topological polar surface area (TPSA) is 0 Å². The smallest absolute Gasteiger partial charge is 0.0155 e. The Hall–Kier alpha value is -6.50. The van der Waals surface area contributed by atoms with E-state index in [1.165, 1.54) is 110 Å². The Kier molecular flexibility index (Phi) is 7.32. The molecule has 0 saturated heterocycles. The minimum absolute atomic E-state index is 0.120. The van der Waals surface area contributed by atoms with Crippen LogP contribution in [0.2, 0.25) is 0 Å². The molecule has 0 atom stereocenters. The second-order valence-electron chi connectivity index (χ2n) is 15.4. The molecule has 0 spiro atoms. The molecule has 0 radical (unpaired) electrons. The second kappa shape index (κ2) is 12.3. The van der Waals surface area contributed by atoms with E-state index < -0.39 is 0 Å². The second-order valence-corrected chi connectivity index (χ2v) is 15.4. The van der Waals surface area contributed by atoms with Crippen molar-refractivity contribution < 1.29 is 0 Å². The molecule has 54 heavy (non-hydrogen) atoms. The lowest BCUT2D eigenvalue weighted by Gasteiger charge is -2.24. The monoisotopic (exact) mass is 688 g/mol. The molecule has 0 unspecified atom stereocenters. The van der Waals surface area contributed by atoms with E-state index in [1.54, 1.807) is 0 Å². The quantitative estimate of drug-likeness (QED) is 0.158. The third-order valence-corrected chi connectivity index (χ3v) is 12.0. The van der Waals surface area contributed by atoms with Crippen LogP contribution in [0.3, 0.4) is 0 Å². The van der Waals surface area contributed by atoms with Crippen LogP contribution in [0.5, 0.6) is 0 Å². The largest absolute Gasteiger partial charge is 0.0987 e. The van der Waals surface area contributed by atoms with Crippen LogP contribution in [-0.2, 0) is 5.41 Å². The zero-order valence-corrected chi connectivity index (χ0v) is 31.0. The Morgan fingerprint density at radius 2 is 0.963 bits per heavy atom. The van der Waals surface area contributed by atoms with Gasteiger partial charge in [-0.1, -0.05) is 178 Å². The number of rotatable bonds is 5. The van der Waals surface area contributed by atoms with Gasteiger partial charge in [-0.2, -0.15) is 0 Å². The summed E-state index contributed by atoms with van der Waals surface area (Å²) < 4.78 is 0. The molecule has 0 fully saturated rings. The fourth-order valence-corrected chi connectivity index (χ4v) is 9.35. The highest BCUT2D eigenvalue weighted by molar-refractivity contribution is 6.22. The van der Waals surface area contributed by atoms with E-state index in [9.17, 15) is 0 Å². The molecule has 0 saturated carbocycles. The Bertz CT molecular complexity index is 3020. The van der Waals surface area contributed by atoms with Gasteiger partial charge in [-0.15, -0.1) is 0 Å². The van der Waals surface area contributed by atoms with Crippen LogP contribution in [0, 0.1) is 0 Å². The Labute approximate surface area is 317 Å². The molecule has 10 rings (SSSR count). The molecule has 0 N–H and O–H groups in total. The highest BCUT2D eigenvalue weighted by atomic mass is 14.4. The lowest BCUT2D eigenvalue weighted by Crippen LogP contribution is -2.16. The third kappa shape index (κ3) is 4.91. The first-order valence-electron chi connectivity index (χ1n) is 19.0. The predicted molar refractivity (Wildman–Crippen MR) is 234 cm³/mol. The zero-order valence-electron chi connectivity index (χ0n) is 31.0. The van der Waals surface area contributed by atoms with Gasteiger partial charge < -0.3 is 0 Å². The summed E-state index contributed by atoms with van der Waals surface area (Å²) in [5.74, 6) is 0. The maximum atomic E-state index is 4.21. The summed E-state index contributed by atoms with van der Waals surface area (Å²) in [5.41, 5.74) is 15.1. The first kappa shape index (κ1) is 32.2. The molecule has 0 aromatic heterocycles. The summed E-state index contributed by atoms with van der Waals surface area (Å²) in [5, 5.41) is 10.1. The SMILES string of the molecule is C=CC1=C(C)c2ccc(-c3c4ccccc4c(-c4ccc(-c5cccc6ccccc56)cc4)c4ccc(-c5ccc6ccccc6c5)cc34)cc2C1(C)C. The summed E-state index contributed by atoms with van der Waals surface area (Å²) in [6, 6.07) is 63.2. The van der Waals surface area contributed by atoms with Gasteiger partial charge in [0.05, 0.1) is 0 Å². The lowest BCUT2D eigenvalue weighted by molar-refractivity contribution is 0.654. The van der Waals surface area contributed by atoms with E-state index in [0.29, 0.717) is 0 Å². The average Bonchev–Trinajstić information content (AvgIpc) is 3.41. The standard InChI is InChI=1S/C54H40/c1-5-50-34(2)43-29-28-42(33-51(43)54(50,3)4)53-47-19-11-10-18-46(47)52(38-24-22-37(23-25-38)45-20-12-16-36-14-8-9-17-44(36)45)48-30-27-41(32-49(48)53)40-26-21-35-13-6-7-15-39(35)31-40/h5-33H,1H2,2-4H3. The van der Waals surface area contributed by atoms with E-state index in [1.807, 2.05) is 0 Å². The Balaban J connectivity index is 1.23. The van der Waals surface area contributed by atoms with Gasteiger partial charge in [0.1, 0.15) is 0 Å². The van der Waals surface area contributed by atoms with Gasteiger partial charge in [0, 0.05) is 5.41 Å². The molecule has 0 aliphatic heterocycles. The highest BCUT2D eigenvalue weighted by Gasteiger charge is 2.35. The van der Waals surface area contributed by atoms with Gasteiger partial charge in [-0.25, -0.2) is 0 Å². The third-order valence-electron chi connectivity index (χ3n) is 12.0. The van der Waals surface area contributed by atoms with Gasteiger partial charge in [0.2, 0.25) is 0 Å². The van der Waals surface area contributed by atoms with Gasteiger partial charge in [0.15, 0.2) is 0 Å². The van der Waals surface area contributed by atoms with Gasteiger partial charge in [-0.3, -0.25) is 0 Å². The fraction of sp³-hybridized carbons (Fsp3) is 0.0741. The van der Waals surface area contributed by atoms with E-state index in [0.717, 1.165) is 0 Å². The van der Waals surface area contributed by atoms with Crippen LogP contribution in [0.1, 0.15) is 31.9 Å². The van der Waals surface area contributed by atoms with Crippen LogP contribution in [0.15, 0.2) is 188 Å². The van der Waals surface area contributed by atoms with Crippen LogP contribution in [-0.4, -0.2) is 0 Å². The summed E-state index contributed by atoms with van der Waals surface area (Å²) in [6.07, 6.45) is 2.05. The minimum atomic E-state index is -0.120. The van der Waals surface area contributed by atoms with Crippen LogP contribution < -0.4 is 0 Å². The van der Waals surface area contributed by atoms with Crippen molar-refractivity contribution in [3.63, 3.8) is 0 Å². The Morgan fingerprint density at radius 3 is 1.72 bits per heavy atom. The fourth-order valence-electron chi connectivity index (χ4n) is 9.35.